The molecule has 0 saturated heterocycles. The number of hydrogen-bond acceptors (Lipinski definition) is 6. The van der Waals surface area contributed by atoms with Gasteiger partial charge in [-0.05, 0) is 20.3 Å². The van der Waals surface area contributed by atoms with Crippen LogP contribution >= 0.6 is 0 Å². The van der Waals surface area contributed by atoms with Gasteiger partial charge in [-0.1, -0.05) is 32.6 Å². The van der Waals surface area contributed by atoms with E-state index in [0.717, 1.165) is 6.42 Å². The van der Waals surface area contributed by atoms with E-state index in [0.29, 0.717) is 6.61 Å². The van der Waals surface area contributed by atoms with Crippen molar-refractivity contribution < 1.29 is 4.84 Å². The Morgan fingerprint density at radius 1 is 1.17 bits per heavy atom. The van der Waals surface area contributed by atoms with Crippen molar-refractivity contribution in [3.05, 3.63) is 0 Å². The Hall–Kier alpha value is -1.30. The molecular weight excluding hydrogens is 230 g/mol. The van der Waals surface area contributed by atoms with Gasteiger partial charge >= 0.3 is 0 Å². The lowest BCUT2D eigenvalue weighted by Crippen LogP contribution is -2.53. The number of nitrogens with two attached hydrogens (primary N) is 2. The molecule has 0 radical (unpaired) electrons. The summed E-state index contributed by atoms with van der Waals surface area (Å²) in [5.74, 6) is 0.460. The Balaban J connectivity index is 2.35. The van der Waals surface area contributed by atoms with E-state index in [4.69, 9.17) is 16.3 Å². The maximum absolute atomic E-state index is 5.80. The average Bonchev–Trinajstić information content (AvgIpc) is 2.24. The van der Waals surface area contributed by atoms with Gasteiger partial charge in [0.1, 0.15) is 0 Å². The monoisotopic (exact) mass is 255 g/mol. The molecule has 0 bridgehead atoms. The maximum atomic E-state index is 5.80. The SMILES string of the molecule is CCCCCCCON1C(N)=NC(N)=NC1(C)C. The van der Waals surface area contributed by atoms with Crippen molar-refractivity contribution in [1.82, 2.24) is 5.06 Å². The largest absolute Gasteiger partial charge is 0.368 e. The fourth-order valence-corrected chi connectivity index (χ4v) is 1.88. The van der Waals surface area contributed by atoms with Crippen molar-refractivity contribution in [2.24, 2.45) is 21.5 Å². The van der Waals surface area contributed by atoms with Crippen LogP contribution in [0.5, 0.6) is 0 Å². The van der Waals surface area contributed by atoms with E-state index in [9.17, 15) is 0 Å². The van der Waals surface area contributed by atoms with Crippen molar-refractivity contribution >= 4 is 11.9 Å². The van der Waals surface area contributed by atoms with E-state index in [1.165, 1.54) is 30.7 Å². The maximum Gasteiger partial charge on any atom is 0.226 e. The number of hydroxylamine groups is 2. The second kappa shape index (κ2) is 6.58. The predicted molar refractivity (Wildman–Crippen MR) is 73.9 cm³/mol. The summed E-state index contributed by atoms with van der Waals surface area (Å²) >= 11 is 0. The second-order valence-corrected chi connectivity index (χ2v) is 4.98. The highest BCUT2D eigenvalue weighted by Gasteiger charge is 2.32. The van der Waals surface area contributed by atoms with E-state index in [-0.39, 0.29) is 11.9 Å². The molecule has 1 heterocycles. The number of unbranched alkanes of at least 4 members (excludes halogenated alkanes) is 4. The van der Waals surface area contributed by atoms with Crippen molar-refractivity contribution in [3.8, 4) is 0 Å². The standard InChI is InChI=1S/C12H25N5O/c1-4-5-6-7-8-9-18-17-11(14)15-10(13)16-12(17,2)3/h4-9H2,1-3H3,(H4,13,14,15,16). The highest BCUT2D eigenvalue weighted by atomic mass is 16.7. The lowest BCUT2D eigenvalue weighted by Gasteiger charge is -2.36. The minimum absolute atomic E-state index is 0.195. The highest BCUT2D eigenvalue weighted by Crippen LogP contribution is 2.20. The summed E-state index contributed by atoms with van der Waals surface area (Å²) in [5, 5.41) is 1.53. The molecule has 0 spiro atoms. The van der Waals surface area contributed by atoms with Gasteiger partial charge in [-0.15, -0.1) is 0 Å². The minimum atomic E-state index is -0.598. The lowest BCUT2D eigenvalue weighted by atomic mass is 10.2. The van der Waals surface area contributed by atoms with Gasteiger partial charge in [-0.3, -0.25) is 4.84 Å². The molecule has 104 valence electrons. The fourth-order valence-electron chi connectivity index (χ4n) is 1.88. The van der Waals surface area contributed by atoms with E-state index >= 15 is 0 Å². The third-order valence-electron chi connectivity index (χ3n) is 2.79. The van der Waals surface area contributed by atoms with Gasteiger partial charge in [0.05, 0.1) is 6.61 Å². The van der Waals surface area contributed by atoms with Crippen LogP contribution in [0, 0.1) is 0 Å². The Kier molecular flexibility index (Phi) is 5.40. The van der Waals surface area contributed by atoms with Crippen molar-refractivity contribution in [2.75, 3.05) is 6.61 Å². The van der Waals surface area contributed by atoms with Gasteiger partial charge in [0, 0.05) is 0 Å². The molecule has 0 aromatic heterocycles. The zero-order chi connectivity index (χ0) is 13.6. The van der Waals surface area contributed by atoms with E-state index in [2.05, 4.69) is 16.9 Å². The number of aliphatic imine (C=N–C) groups is 2. The first-order valence-electron chi connectivity index (χ1n) is 6.60. The molecule has 0 saturated carbocycles. The molecule has 0 amide bonds. The number of rotatable bonds is 7. The molecule has 0 aromatic carbocycles. The molecule has 0 fully saturated rings. The summed E-state index contributed by atoms with van der Waals surface area (Å²) in [6.07, 6.45) is 5.95. The quantitative estimate of drug-likeness (QED) is 0.676. The molecule has 0 aromatic rings. The van der Waals surface area contributed by atoms with Crippen LogP contribution in [0.25, 0.3) is 0 Å². The Morgan fingerprint density at radius 3 is 2.44 bits per heavy atom. The third kappa shape index (κ3) is 4.18. The van der Waals surface area contributed by atoms with Crippen LogP contribution in [-0.2, 0) is 4.84 Å². The van der Waals surface area contributed by atoms with Crippen LogP contribution in [0.3, 0.4) is 0 Å². The smallest absolute Gasteiger partial charge is 0.226 e. The molecule has 0 aliphatic carbocycles. The normalized spacial score (nSPS) is 18.5. The number of nitrogens with zero attached hydrogens (tertiary/aromatic N) is 3. The fraction of sp³-hybridized carbons (Fsp3) is 0.833. The predicted octanol–water partition coefficient (Wildman–Crippen LogP) is 1.57. The first-order valence-corrected chi connectivity index (χ1v) is 6.60. The van der Waals surface area contributed by atoms with Crippen LogP contribution in [0.15, 0.2) is 9.98 Å². The van der Waals surface area contributed by atoms with E-state index in [1.54, 1.807) is 0 Å². The second-order valence-electron chi connectivity index (χ2n) is 4.98. The summed E-state index contributed by atoms with van der Waals surface area (Å²) in [4.78, 5) is 13.8. The summed E-state index contributed by atoms with van der Waals surface area (Å²) in [6.45, 7) is 6.60. The van der Waals surface area contributed by atoms with Gasteiger partial charge < -0.3 is 11.5 Å². The molecule has 6 heteroatoms. The zero-order valence-electron chi connectivity index (χ0n) is 11.6. The molecule has 0 unspecified atom stereocenters. The Morgan fingerprint density at radius 2 is 1.83 bits per heavy atom. The molecule has 4 N–H and O–H groups in total. The molecular formula is C12H25N5O. The molecule has 18 heavy (non-hydrogen) atoms. The Bertz CT molecular complexity index is 324. The molecule has 6 nitrogen and oxygen atoms in total. The van der Waals surface area contributed by atoms with Crippen LogP contribution in [0.2, 0.25) is 0 Å². The van der Waals surface area contributed by atoms with Gasteiger partial charge in [0.2, 0.25) is 11.9 Å². The zero-order valence-corrected chi connectivity index (χ0v) is 11.6. The minimum Gasteiger partial charge on any atom is -0.368 e. The van der Waals surface area contributed by atoms with Gasteiger partial charge in [0.25, 0.3) is 0 Å². The third-order valence-corrected chi connectivity index (χ3v) is 2.79. The van der Waals surface area contributed by atoms with Gasteiger partial charge in [0.15, 0.2) is 5.66 Å². The van der Waals surface area contributed by atoms with Gasteiger partial charge in [-0.25, -0.2) is 4.99 Å². The highest BCUT2D eigenvalue weighted by molar-refractivity contribution is 5.95. The average molecular weight is 255 g/mol. The van der Waals surface area contributed by atoms with Gasteiger partial charge in [-0.2, -0.15) is 10.1 Å². The van der Waals surface area contributed by atoms with Crippen LogP contribution in [0.1, 0.15) is 52.9 Å². The van der Waals surface area contributed by atoms with Crippen molar-refractivity contribution in [3.63, 3.8) is 0 Å². The summed E-state index contributed by atoms with van der Waals surface area (Å²) in [5.41, 5.74) is 10.8. The molecule has 1 aliphatic heterocycles. The van der Waals surface area contributed by atoms with E-state index < -0.39 is 5.66 Å². The molecule has 1 aliphatic rings. The van der Waals surface area contributed by atoms with Crippen molar-refractivity contribution in [2.45, 2.75) is 58.5 Å². The lowest BCUT2D eigenvalue weighted by molar-refractivity contribution is -0.157. The summed E-state index contributed by atoms with van der Waals surface area (Å²) in [6, 6.07) is 0. The Labute approximate surface area is 109 Å². The topological polar surface area (TPSA) is 89.2 Å². The first-order chi connectivity index (χ1) is 8.47. The summed E-state index contributed by atoms with van der Waals surface area (Å²) in [7, 11) is 0. The molecule has 1 rings (SSSR count). The van der Waals surface area contributed by atoms with Crippen LogP contribution in [0.4, 0.5) is 0 Å². The number of guanidine groups is 2. The summed E-state index contributed by atoms with van der Waals surface area (Å²) < 4.78 is 0. The van der Waals surface area contributed by atoms with Crippen molar-refractivity contribution in [1.29, 1.82) is 0 Å². The van der Waals surface area contributed by atoms with Crippen LogP contribution < -0.4 is 11.5 Å². The van der Waals surface area contributed by atoms with E-state index in [1.807, 2.05) is 13.8 Å². The van der Waals surface area contributed by atoms with Crippen LogP contribution in [-0.4, -0.2) is 29.3 Å². The number of hydrogen-bond donors (Lipinski definition) is 2. The molecule has 0 atom stereocenters. The first kappa shape index (κ1) is 14.8.